The van der Waals surface area contributed by atoms with Crippen LogP contribution in [0.1, 0.15) is 24.8 Å². The van der Waals surface area contributed by atoms with Gasteiger partial charge in [0.15, 0.2) is 0 Å². The molecule has 3 nitrogen and oxygen atoms in total. The number of ether oxygens (including phenoxy) is 2. The molecule has 100 valence electrons. The Hall–Kier alpha value is -1.06. The maximum Gasteiger partial charge on any atom is 0.118 e. The van der Waals surface area contributed by atoms with Crippen molar-refractivity contribution >= 4 is 0 Å². The highest BCUT2D eigenvalue weighted by molar-refractivity contribution is 5.26. The van der Waals surface area contributed by atoms with Crippen molar-refractivity contribution in [3.05, 3.63) is 29.8 Å². The van der Waals surface area contributed by atoms with Gasteiger partial charge in [0.1, 0.15) is 5.75 Å². The molecule has 0 bridgehead atoms. The molecule has 0 spiro atoms. The van der Waals surface area contributed by atoms with Gasteiger partial charge in [0, 0.05) is 6.61 Å². The zero-order chi connectivity index (χ0) is 12.6. The minimum atomic E-state index is 0.703. The van der Waals surface area contributed by atoms with Gasteiger partial charge in [0.05, 0.1) is 13.7 Å². The average Bonchev–Trinajstić information content (AvgIpc) is 2.45. The lowest BCUT2D eigenvalue weighted by Crippen LogP contribution is -2.28. The summed E-state index contributed by atoms with van der Waals surface area (Å²) in [6.07, 6.45) is 3.79. The van der Waals surface area contributed by atoms with Gasteiger partial charge in [-0.25, -0.2) is 0 Å². The monoisotopic (exact) mass is 249 g/mol. The molecular weight excluding hydrogens is 226 g/mol. The summed E-state index contributed by atoms with van der Waals surface area (Å²) in [6, 6.07) is 8.07. The molecular formula is C15H23NO2. The van der Waals surface area contributed by atoms with Crippen LogP contribution in [0.4, 0.5) is 0 Å². The van der Waals surface area contributed by atoms with Gasteiger partial charge in [-0.2, -0.15) is 0 Å². The second-order valence-electron chi connectivity index (χ2n) is 4.88. The van der Waals surface area contributed by atoms with Crippen LogP contribution in [-0.4, -0.2) is 26.8 Å². The van der Waals surface area contributed by atoms with Crippen molar-refractivity contribution in [3.8, 4) is 5.75 Å². The molecule has 1 saturated heterocycles. The number of hydrogen-bond donors (Lipinski definition) is 1. The van der Waals surface area contributed by atoms with E-state index in [4.69, 9.17) is 9.47 Å². The first kappa shape index (κ1) is 13.4. The minimum absolute atomic E-state index is 0.703. The Morgan fingerprint density at radius 2 is 1.89 bits per heavy atom. The molecule has 0 radical (unpaired) electrons. The molecule has 0 amide bonds. The van der Waals surface area contributed by atoms with Gasteiger partial charge in [0.2, 0.25) is 0 Å². The molecule has 1 aliphatic rings. The SMILES string of the molecule is COc1ccc(COCCC2CCNCC2)cc1. The molecule has 0 aromatic heterocycles. The van der Waals surface area contributed by atoms with Crippen molar-refractivity contribution in [2.75, 3.05) is 26.8 Å². The highest BCUT2D eigenvalue weighted by Crippen LogP contribution is 2.16. The molecule has 1 heterocycles. The summed E-state index contributed by atoms with van der Waals surface area (Å²) in [6.45, 7) is 3.91. The first-order valence-electron chi connectivity index (χ1n) is 6.80. The Balaban J connectivity index is 1.62. The van der Waals surface area contributed by atoms with E-state index in [1.54, 1.807) is 7.11 Å². The normalized spacial score (nSPS) is 16.7. The van der Waals surface area contributed by atoms with Crippen LogP contribution < -0.4 is 10.1 Å². The number of nitrogens with one attached hydrogen (secondary N) is 1. The van der Waals surface area contributed by atoms with Crippen molar-refractivity contribution in [2.24, 2.45) is 5.92 Å². The maximum absolute atomic E-state index is 5.73. The highest BCUT2D eigenvalue weighted by Gasteiger charge is 2.12. The molecule has 0 saturated carbocycles. The smallest absolute Gasteiger partial charge is 0.118 e. The number of hydrogen-bond acceptors (Lipinski definition) is 3. The van der Waals surface area contributed by atoms with E-state index in [0.717, 1.165) is 18.3 Å². The van der Waals surface area contributed by atoms with Crippen molar-refractivity contribution < 1.29 is 9.47 Å². The maximum atomic E-state index is 5.73. The molecule has 2 rings (SSSR count). The standard InChI is InChI=1S/C15H23NO2/c1-17-15-4-2-14(3-5-15)12-18-11-8-13-6-9-16-10-7-13/h2-5,13,16H,6-12H2,1H3. The third kappa shape index (κ3) is 4.31. The van der Waals surface area contributed by atoms with Crippen LogP contribution in [-0.2, 0) is 11.3 Å². The van der Waals surface area contributed by atoms with Crippen LogP contribution >= 0.6 is 0 Å². The van der Waals surface area contributed by atoms with Crippen LogP contribution in [0.2, 0.25) is 0 Å². The van der Waals surface area contributed by atoms with Crippen molar-refractivity contribution in [2.45, 2.75) is 25.9 Å². The molecule has 1 fully saturated rings. The minimum Gasteiger partial charge on any atom is -0.497 e. The van der Waals surface area contributed by atoms with Gasteiger partial charge in [-0.1, -0.05) is 12.1 Å². The van der Waals surface area contributed by atoms with E-state index in [0.29, 0.717) is 6.61 Å². The lowest BCUT2D eigenvalue weighted by Gasteiger charge is -2.22. The molecule has 0 aliphatic carbocycles. The third-order valence-corrected chi connectivity index (χ3v) is 3.56. The summed E-state index contributed by atoms with van der Waals surface area (Å²) >= 11 is 0. The third-order valence-electron chi connectivity index (χ3n) is 3.56. The molecule has 1 aromatic carbocycles. The molecule has 0 unspecified atom stereocenters. The zero-order valence-corrected chi connectivity index (χ0v) is 11.2. The predicted molar refractivity (Wildman–Crippen MR) is 72.9 cm³/mol. The van der Waals surface area contributed by atoms with Crippen LogP contribution in [0.5, 0.6) is 5.75 Å². The number of methoxy groups -OCH3 is 1. The molecule has 0 atom stereocenters. The summed E-state index contributed by atoms with van der Waals surface area (Å²) in [4.78, 5) is 0. The molecule has 1 aliphatic heterocycles. The number of benzene rings is 1. The second kappa shape index (κ2) is 7.39. The molecule has 1 aromatic rings. The average molecular weight is 249 g/mol. The summed E-state index contributed by atoms with van der Waals surface area (Å²) in [5.41, 5.74) is 1.21. The van der Waals surface area contributed by atoms with E-state index in [9.17, 15) is 0 Å². The summed E-state index contributed by atoms with van der Waals surface area (Å²) in [5.74, 6) is 1.75. The number of piperidine rings is 1. The lowest BCUT2D eigenvalue weighted by atomic mass is 9.95. The molecule has 1 N–H and O–H groups in total. The topological polar surface area (TPSA) is 30.5 Å². The lowest BCUT2D eigenvalue weighted by molar-refractivity contribution is 0.103. The largest absolute Gasteiger partial charge is 0.497 e. The highest BCUT2D eigenvalue weighted by atomic mass is 16.5. The Labute approximate surface area is 109 Å². The van der Waals surface area contributed by atoms with Crippen LogP contribution in [0.25, 0.3) is 0 Å². The summed E-state index contributed by atoms with van der Waals surface area (Å²) < 4.78 is 10.9. The second-order valence-corrected chi connectivity index (χ2v) is 4.88. The van der Waals surface area contributed by atoms with E-state index in [2.05, 4.69) is 17.4 Å². The van der Waals surface area contributed by atoms with E-state index in [1.807, 2.05) is 12.1 Å². The Morgan fingerprint density at radius 3 is 2.56 bits per heavy atom. The zero-order valence-electron chi connectivity index (χ0n) is 11.2. The van der Waals surface area contributed by atoms with Crippen molar-refractivity contribution in [1.82, 2.24) is 5.32 Å². The van der Waals surface area contributed by atoms with Crippen LogP contribution in [0, 0.1) is 5.92 Å². The first-order valence-corrected chi connectivity index (χ1v) is 6.80. The molecule has 3 heteroatoms. The number of rotatable bonds is 6. The van der Waals surface area contributed by atoms with Gasteiger partial charge in [-0.3, -0.25) is 0 Å². The van der Waals surface area contributed by atoms with Gasteiger partial charge in [-0.15, -0.1) is 0 Å². The predicted octanol–water partition coefficient (Wildman–Crippen LogP) is 2.60. The van der Waals surface area contributed by atoms with Crippen LogP contribution in [0.3, 0.4) is 0 Å². The summed E-state index contributed by atoms with van der Waals surface area (Å²) in [7, 11) is 1.69. The fourth-order valence-electron chi connectivity index (χ4n) is 2.33. The van der Waals surface area contributed by atoms with Crippen molar-refractivity contribution in [3.63, 3.8) is 0 Å². The van der Waals surface area contributed by atoms with E-state index < -0.39 is 0 Å². The quantitative estimate of drug-likeness (QED) is 0.786. The Morgan fingerprint density at radius 1 is 1.17 bits per heavy atom. The van der Waals surface area contributed by atoms with Crippen molar-refractivity contribution in [1.29, 1.82) is 0 Å². The Kier molecular flexibility index (Phi) is 5.49. The first-order chi connectivity index (χ1) is 8.88. The van der Waals surface area contributed by atoms with Gasteiger partial charge < -0.3 is 14.8 Å². The van der Waals surface area contributed by atoms with Crippen LogP contribution in [0.15, 0.2) is 24.3 Å². The van der Waals surface area contributed by atoms with E-state index in [-0.39, 0.29) is 0 Å². The molecule has 18 heavy (non-hydrogen) atoms. The van der Waals surface area contributed by atoms with Gasteiger partial charge in [0.25, 0.3) is 0 Å². The fraction of sp³-hybridized carbons (Fsp3) is 0.600. The fourth-order valence-corrected chi connectivity index (χ4v) is 2.33. The van der Waals surface area contributed by atoms with E-state index >= 15 is 0 Å². The van der Waals surface area contributed by atoms with Gasteiger partial charge >= 0.3 is 0 Å². The summed E-state index contributed by atoms with van der Waals surface area (Å²) in [5, 5.41) is 3.39. The Bertz CT molecular complexity index is 331. The van der Waals surface area contributed by atoms with Gasteiger partial charge in [-0.05, 0) is 56.0 Å². The van der Waals surface area contributed by atoms with E-state index in [1.165, 1.54) is 37.9 Å².